The van der Waals surface area contributed by atoms with Gasteiger partial charge in [-0.1, -0.05) is 13.8 Å². The third-order valence-electron chi connectivity index (χ3n) is 3.48. The van der Waals surface area contributed by atoms with Gasteiger partial charge in [-0.05, 0) is 17.5 Å². The second kappa shape index (κ2) is 3.48. The van der Waals surface area contributed by atoms with Crippen molar-refractivity contribution in [3.05, 3.63) is 5.89 Å². The Morgan fingerprint density at radius 2 is 2.25 bits per heavy atom. The molecule has 1 saturated carbocycles. The minimum absolute atomic E-state index is 0.00673. The van der Waals surface area contributed by atoms with Gasteiger partial charge in [0.2, 0.25) is 5.89 Å². The predicted molar refractivity (Wildman–Crippen MR) is 58.9 cm³/mol. The smallest absolute Gasteiger partial charge is 0.265 e. The van der Waals surface area contributed by atoms with E-state index in [0.717, 1.165) is 6.54 Å². The maximum absolute atomic E-state index is 8.99. The quantitative estimate of drug-likeness (QED) is 0.776. The fourth-order valence-electron chi connectivity index (χ4n) is 1.99. The molecule has 1 aliphatic rings. The van der Waals surface area contributed by atoms with E-state index in [2.05, 4.69) is 30.1 Å². The minimum atomic E-state index is -0.0384. The highest BCUT2D eigenvalue weighted by Gasteiger charge is 2.62. The van der Waals surface area contributed by atoms with Crippen LogP contribution in [0.2, 0.25) is 0 Å². The van der Waals surface area contributed by atoms with Gasteiger partial charge >= 0.3 is 0 Å². The number of hydrogen-bond donors (Lipinski definition) is 0. The lowest BCUT2D eigenvalue weighted by molar-refractivity contribution is 0.367. The van der Waals surface area contributed by atoms with E-state index >= 15 is 0 Å². The number of nitriles is 1. The molecule has 1 aromatic heterocycles. The summed E-state index contributed by atoms with van der Waals surface area (Å²) in [5, 5.41) is 12.9. The first-order chi connectivity index (χ1) is 7.52. The molecule has 2 unspecified atom stereocenters. The molecular formula is C11H16N4O. The summed E-state index contributed by atoms with van der Waals surface area (Å²) in [6.07, 6.45) is 0. The van der Waals surface area contributed by atoms with Crippen LogP contribution in [-0.2, 0) is 0 Å². The number of hydrogen-bond acceptors (Lipinski definition) is 5. The highest BCUT2D eigenvalue weighted by Crippen LogP contribution is 2.63. The Labute approximate surface area is 95.0 Å². The van der Waals surface area contributed by atoms with E-state index in [9.17, 15) is 0 Å². The molecule has 1 fully saturated rings. The van der Waals surface area contributed by atoms with Gasteiger partial charge in [-0.15, -0.1) is 0 Å². The number of rotatable bonds is 3. The van der Waals surface area contributed by atoms with Crippen molar-refractivity contribution in [3.63, 3.8) is 0 Å². The topological polar surface area (TPSA) is 66.0 Å². The van der Waals surface area contributed by atoms with Gasteiger partial charge < -0.3 is 9.42 Å². The first-order valence-electron chi connectivity index (χ1n) is 5.46. The lowest BCUT2D eigenvalue weighted by Gasteiger charge is -2.08. The van der Waals surface area contributed by atoms with Crippen molar-refractivity contribution in [2.45, 2.75) is 26.7 Å². The van der Waals surface area contributed by atoms with Crippen LogP contribution >= 0.6 is 0 Å². The molecule has 0 aromatic carbocycles. The monoisotopic (exact) mass is 220 g/mol. The van der Waals surface area contributed by atoms with Gasteiger partial charge in [-0.2, -0.15) is 10.2 Å². The highest BCUT2D eigenvalue weighted by atomic mass is 16.5. The van der Waals surface area contributed by atoms with Crippen LogP contribution in [0, 0.1) is 22.7 Å². The first kappa shape index (κ1) is 10.9. The molecule has 86 valence electrons. The van der Waals surface area contributed by atoms with Crippen molar-refractivity contribution in [2.75, 3.05) is 18.5 Å². The average molecular weight is 220 g/mol. The lowest BCUT2D eigenvalue weighted by Crippen LogP contribution is -2.17. The van der Waals surface area contributed by atoms with Gasteiger partial charge in [0, 0.05) is 13.6 Å². The fraction of sp³-hybridized carbons (Fsp3) is 0.727. The molecule has 0 aliphatic heterocycles. The SMILES string of the molecule is CCN(C)c1noc(C2C(C#N)C2(C)C)n1. The van der Waals surface area contributed by atoms with Crippen LogP contribution in [-0.4, -0.2) is 23.7 Å². The van der Waals surface area contributed by atoms with E-state index in [1.54, 1.807) is 0 Å². The van der Waals surface area contributed by atoms with Gasteiger partial charge in [0.05, 0.1) is 17.9 Å². The first-order valence-corrected chi connectivity index (χ1v) is 5.46. The molecule has 5 heteroatoms. The van der Waals surface area contributed by atoms with Crippen molar-refractivity contribution < 1.29 is 4.52 Å². The maximum Gasteiger partial charge on any atom is 0.265 e. The molecule has 0 amide bonds. The minimum Gasteiger partial charge on any atom is -0.342 e. The second-order valence-electron chi connectivity index (χ2n) is 4.85. The lowest BCUT2D eigenvalue weighted by atomic mass is 10.1. The number of aromatic nitrogens is 2. The molecule has 0 radical (unpaired) electrons. The fourth-order valence-corrected chi connectivity index (χ4v) is 1.99. The summed E-state index contributed by atoms with van der Waals surface area (Å²) >= 11 is 0. The van der Waals surface area contributed by atoms with E-state index in [4.69, 9.17) is 9.78 Å². The molecule has 2 rings (SSSR count). The van der Waals surface area contributed by atoms with Crippen molar-refractivity contribution >= 4 is 5.95 Å². The Hall–Kier alpha value is -1.57. The summed E-state index contributed by atoms with van der Waals surface area (Å²) in [6.45, 7) is 6.96. The van der Waals surface area contributed by atoms with Crippen molar-refractivity contribution in [1.82, 2.24) is 10.1 Å². The van der Waals surface area contributed by atoms with Crippen LogP contribution in [0.25, 0.3) is 0 Å². The van der Waals surface area contributed by atoms with Gasteiger partial charge in [0.25, 0.3) is 5.95 Å². The van der Waals surface area contributed by atoms with Crippen LogP contribution in [0.3, 0.4) is 0 Å². The van der Waals surface area contributed by atoms with Crippen LogP contribution in [0.15, 0.2) is 4.52 Å². The molecule has 1 aliphatic carbocycles. The van der Waals surface area contributed by atoms with Crippen LogP contribution in [0.4, 0.5) is 5.95 Å². The van der Waals surface area contributed by atoms with E-state index in [1.807, 2.05) is 18.9 Å². The third-order valence-corrected chi connectivity index (χ3v) is 3.48. The van der Waals surface area contributed by atoms with E-state index in [1.165, 1.54) is 0 Å². The van der Waals surface area contributed by atoms with Crippen molar-refractivity contribution in [2.24, 2.45) is 11.3 Å². The predicted octanol–water partition coefficient (Wildman–Crippen LogP) is 1.79. The van der Waals surface area contributed by atoms with Gasteiger partial charge in [0.1, 0.15) is 0 Å². The molecule has 0 bridgehead atoms. The third kappa shape index (κ3) is 1.45. The van der Waals surface area contributed by atoms with Gasteiger partial charge in [-0.25, -0.2) is 0 Å². The van der Waals surface area contributed by atoms with Crippen LogP contribution in [0.1, 0.15) is 32.6 Å². The summed E-state index contributed by atoms with van der Waals surface area (Å²) in [6, 6.07) is 2.29. The van der Waals surface area contributed by atoms with E-state index < -0.39 is 0 Å². The Morgan fingerprint density at radius 3 is 2.75 bits per heavy atom. The van der Waals surface area contributed by atoms with Crippen molar-refractivity contribution in [1.29, 1.82) is 5.26 Å². The van der Waals surface area contributed by atoms with Crippen LogP contribution in [0.5, 0.6) is 0 Å². The molecule has 0 N–H and O–H groups in total. The molecule has 0 spiro atoms. The number of nitrogens with zero attached hydrogens (tertiary/aromatic N) is 4. The number of anilines is 1. The molecule has 0 saturated heterocycles. The maximum atomic E-state index is 8.99. The largest absolute Gasteiger partial charge is 0.342 e. The summed E-state index contributed by atoms with van der Waals surface area (Å²) in [7, 11) is 1.91. The second-order valence-corrected chi connectivity index (χ2v) is 4.85. The normalized spacial score (nSPS) is 26.2. The standard InChI is InChI=1S/C11H16N4O/c1-5-15(4)10-13-9(16-14-10)8-7(6-12)11(8,2)3/h7-8H,5H2,1-4H3. The molecule has 2 atom stereocenters. The zero-order valence-corrected chi connectivity index (χ0v) is 10.1. The summed E-state index contributed by atoms with van der Waals surface area (Å²) in [5.74, 6) is 1.26. The van der Waals surface area contributed by atoms with Gasteiger partial charge in [0.15, 0.2) is 0 Å². The van der Waals surface area contributed by atoms with Gasteiger partial charge in [-0.3, -0.25) is 0 Å². The molecular weight excluding hydrogens is 204 g/mol. The molecule has 1 aromatic rings. The summed E-state index contributed by atoms with van der Waals surface area (Å²) < 4.78 is 5.23. The highest BCUT2D eigenvalue weighted by molar-refractivity contribution is 5.31. The van der Waals surface area contributed by atoms with E-state index in [0.29, 0.717) is 11.8 Å². The summed E-state index contributed by atoms with van der Waals surface area (Å²) in [4.78, 5) is 6.24. The zero-order chi connectivity index (χ0) is 11.9. The van der Waals surface area contributed by atoms with Crippen molar-refractivity contribution in [3.8, 4) is 6.07 Å². The molecule has 5 nitrogen and oxygen atoms in total. The zero-order valence-electron chi connectivity index (χ0n) is 10.1. The Balaban J connectivity index is 2.19. The Bertz CT molecular complexity index is 431. The Kier molecular flexibility index (Phi) is 2.38. The van der Waals surface area contributed by atoms with Crippen LogP contribution < -0.4 is 4.90 Å². The average Bonchev–Trinajstić information content (AvgIpc) is 2.67. The Morgan fingerprint density at radius 1 is 1.56 bits per heavy atom. The molecule has 1 heterocycles. The van der Waals surface area contributed by atoms with E-state index in [-0.39, 0.29) is 17.3 Å². The summed E-state index contributed by atoms with van der Waals surface area (Å²) in [5.41, 5.74) is -0.0384. The molecule has 16 heavy (non-hydrogen) atoms.